The molecule has 2 aliphatic heterocycles. The Morgan fingerprint density at radius 2 is 1.90 bits per heavy atom. The van der Waals surface area contributed by atoms with Crippen molar-refractivity contribution in [1.82, 2.24) is 14.8 Å². The Morgan fingerprint density at radius 3 is 2.67 bits per heavy atom. The Bertz CT molecular complexity index is 861. The molecular formula is C23H30N4O2S. The molecule has 6 nitrogen and oxygen atoms in total. The molecule has 3 heterocycles. The number of amides is 2. The van der Waals surface area contributed by atoms with Gasteiger partial charge in [-0.15, -0.1) is 11.3 Å². The van der Waals surface area contributed by atoms with Crippen molar-refractivity contribution < 1.29 is 9.59 Å². The molecule has 0 radical (unpaired) electrons. The van der Waals surface area contributed by atoms with Gasteiger partial charge in [0, 0.05) is 18.5 Å². The molecule has 1 N–H and O–H groups in total. The van der Waals surface area contributed by atoms with Crippen molar-refractivity contribution in [3.8, 4) is 0 Å². The fourth-order valence-electron chi connectivity index (χ4n) is 4.28. The first kappa shape index (κ1) is 21.0. The minimum absolute atomic E-state index is 0.0120. The summed E-state index contributed by atoms with van der Waals surface area (Å²) in [5, 5.41) is 5.61. The van der Waals surface area contributed by atoms with Crippen LogP contribution in [0.25, 0.3) is 0 Å². The number of nitrogens with zero attached hydrogens (tertiary/aromatic N) is 3. The Balaban J connectivity index is 1.32. The van der Waals surface area contributed by atoms with E-state index in [0.29, 0.717) is 24.5 Å². The van der Waals surface area contributed by atoms with Crippen molar-refractivity contribution in [2.75, 3.05) is 25.0 Å². The highest BCUT2D eigenvalue weighted by atomic mass is 32.1. The summed E-state index contributed by atoms with van der Waals surface area (Å²) in [5.41, 5.74) is 1.98. The highest BCUT2D eigenvalue weighted by Crippen LogP contribution is 2.24. The predicted octanol–water partition coefficient (Wildman–Crippen LogP) is 3.55. The summed E-state index contributed by atoms with van der Waals surface area (Å²) in [4.78, 5) is 34.4. The second kappa shape index (κ2) is 9.71. The van der Waals surface area contributed by atoms with E-state index in [2.05, 4.69) is 22.1 Å². The van der Waals surface area contributed by atoms with Crippen LogP contribution in [0.2, 0.25) is 0 Å². The molecule has 0 bridgehead atoms. The van der Waals surface area contributed by atoms with Crippen LogP contribution >= 0.6 is 11.3 Å². The lowest BCUT2D eigenvalue weighted by molar-refractivity contribution is -0.136. The van der Waals surface area contributed by atoms with Crippen LogP contribution in [-0.2, 0) is 22.6 Å². The van der Waals surface area contributed by atoms with Crippen LogP contribution in [0, 0.1) is 5.92 Å². The molecule has 0 aliphatic carbocycles. The number of hydrogen-bond donors (Lipinski definition) is 1. The minimum Gasteiger partial charge on any atom is -0.330 e. The van der Waals surface area contributed by atoms with Gasteiger partial charge in [0.25, 0.3) is 0 Å². The van der Waals surface area contributed by atoms with Crippen LogP contribution in [0.5, 0.6) is 0 Å². The summed E-state index contributed by atoms with van der Waals surface area (Å²) in [6.45, 7) is 6.01. The smallest absolute Gasteiger partial charge is 0.248 e. The molecule has 0 spiro atoms. The van der Waals surface area contributed by atoms with Crippen molar-refractivity contribution >= 4 is 28.3 Å². The van der Waals surface area contributed by atoms with Gasteiger partial charge in [-0.25, -0.2) is 4.98 Å². The van der Waals surface area contributed by atoms with Gasteiger partial charge in [-0.1, -0.05) is 37.3 Å². The van der Waals surface area contributed by atoms with Crippen LogP contribution in [0.3, 0.4) is 0 Å². The fourth-order valence-corrected chi connectivity index (χ4v) is 4.99. The maximum absolute atomic E-state index is 12.9. The first-order valence-electron chi connectivity index (χ1n) is 10.9. The lowest BCUT2D eigenvalue weighted by atomic mass is 9.99. The fraction of sp³-hybridized carbons (Fsp3) is 0.522. The van der Waals surface area contributed by atoms with E-state index in [0.717, 1.165) is 43.2 Å². The monoisotopic (exact) mass is 426 g/mol. The van der Waals surface area contributed by atoms with Crippen molar-refractivity contribution in [1.29, 1.82) is 0 Å². The molecule has 2 fully saturated rings. The maximum atomic E-state index is 12.9. The SMILES string of the molecule is CC1CCN(Cc2csc(NC(=O)C3CCCN3C(=O)Cc3ccccc3)n2)CC1. The summed E-state index contributed by atoms with van der Waals surface area (Å²) < 4.78 is 0. The van der Waals surface area contributed by atoms with Gasteiger partial charge in [0.15, 0.2) is 5.13 Å². The first-order chi connectivity index (χ1) is 14.6. The molecule has 1 aromatic heterocycles. The van der Waals surface area contributed by atoms with E-state index >= 15 is 0 Å². The van der Waals surface area contributed by atoms with Crippen LogP contribution in [0.4, 0.5) is 5.13 Å². The number of rotatable bonds is 6. The first-order valence-corrected chi connectivity index (χ1v) is 11.8. The summed E-state index contributed by atoms with van der Waals surface area (Å²) in [6, 6.07) is 9.29. The Labute approximate surface area is 182 Å². The van der Waals surface area contributed by atoms with Crippen LogP contribution in [0.1, 0.15) is 43.9 Å². The van der Waals surface area contributed by atoms with E-state index in [1.54, 1.807) is 4.90 Å². The van der Waals surface area contributed by atoms with Crippen molar-refractivity contribution in [2.24, 2.45) is 5.92 Å². The molecule has 160 valence electrons. The third-order valence-electron chi connectivity index (χ3n) is 6.12. The molecule has 2 aromatic rings. The highest BCUT2D eigenvalue weighted by Gasteiger charge is 2.34. The number of thiazole rings is 1. The Morgan fingerprint density at radius 1 is 1.13 bits per heavy atom. The third-order valence-corrected chi connectivity index (χ3v) is 6.92. The summed E-state index contributed by atoms with van der Waals surface area (Å²) >= 11 is 1.46. The summed E-state index contributed by atoms with van der Waals surface area (Å²) in [6.07, 6.45) is 4.37. The molecule has 30 heavy (non-hydrogen) atoms. The van der Waals surface area contributed by atoms with E-state index in [1.165, 1.54) is 24.2 Å². The predicted molar refractivity (Wildman–Crippen MR) is 119 cm³/mol. The van der Waals surface area contributed by atoms with Gasteiger partial charge in [-0.3, -0.25) is 14.5 Å². The van der Waals surface area contributed by atoms with Gasteiger partial charge in [0.05, 0.1) is 12.1 Å². The zero-order valence-electron chi connectivity index (χ0n) is 17.5. The van der Waals surface area contributed by atoms with E-state index in [-0.39, 0.29) is 11.8 Å². The van der Waals surface area contributed by atoms with E-state index < -0.39 is 6.04 Å². The Kier molecular flexibility index (Phi) is 6.79. The molecule has 7 heteroatoms. The Hall–Kier alpha value is -2.25. The molecule has 1 unspecified atom stereocenters. The molecule has 2 aliphatic rings. The van der Waals surface area contributed by atoms with Gasteiger partial charge < -0.3 is 10.2 Å². The number of piperidine rings is 1. The van der Waals surface area contributed by atoms with Crippen molar-refractivity contribution in [3.05, 3.63) is 47.0 Å². The largest absolute Gasteiger partial charge is 0.330 e. The van der Waals surface area contributed by atoms with Crippen LogP contribution < -0.4 is 5.32 Å². The van der Waals surface area contributed by atoms with Gasteiger partial charge >= 0.3 is 0 Å². The van der Waals surface area contributed by atoms with Gasteiger partial charge in [-0.05, 0) is 50.3 Å². The van der Waals surface area contributed by atoms with E-state index in [1.807, 2.05) is 35.7 Å². The second-order valence-corrected chi connectivity index (χ2v) is 9.36. The van der Waals surface area contributed by atoms with E-state index in [4.69, 9.17) is 0 Å². The normalized spacial score (nSPS) is 20.4. The zero-order chi connectivity index (χ0) is 20.9. The van der Waals surface area contributed by atoms with Gasteiger partial charge in [0.2, 0.25) is 11.8 Å². The van der Waals surface area contributed by atoms with Crippen molar-refractivity contribution in [2.45, 2.75) is 51.6 Å². The number of likely N-dealkylation sites (tertiary alicyclic amines) is 2. The van der Waals surface area contributed by atoms with Gasteiger partial charge in [0.1, 0.15) is 6.04 Å². The lowest BCUT2D eigenvalue weighted by Crippen LogP contribution is -2.43. The third kappa shape index (κ3) is 5.26. The molecule has 1 aromatic carbocycles. The second-order valence-electron chi connectivity index (χ2n) is 8.50. The maximum Gasteiger partial charge on any atom is 0.248 e. The number of carbonyl (C=O) groups is 2. The minimum atomic E-state index is -0.405. The number of nitrogens with one attached hydrogen (secondary N) is 1. The molecule has 1 atom stereocenters. The molecule has 2 saturated heterocycles. The average molecular weight is 427 g/mol. The molecule has 0 saturated carbocycles. The standard InChI is InChI=1S/C23H30N4O2S/c1-17-9-12-26(13-10-17)15-19-16-30-23(24-19)25-22(29)20-8-5-11-27(20)21(28)14-18-6-3-2-4-7-18/h2-4,6-7,16-17,20H,5,8-15H2,1H3,(H,24,25,29). The molecule has 2 amide bonds. The van der Waals surface area contributed by atoms with E-state index in [9.17, 15) is 9.59 Å². The lowest BCUT2D eigenvalue weighted by Gasteiger charge is -2.29. The summed E-state index contributed by atoms with van der Waals surface area (Å²) in [5.74, 6) is 0.699. The molecular weight excluding hydrogens is 396 g/mol. The quantitative estimate of drug-likeness (QED) is 0.767. The summed E-state index contributed by atoms with van der Waals surface area (Å²) in [7, 11) is 0. The van der Waals surface area contributed by atoms with Gasteiger partial charge in [-0.2, -0.15) is 0 Å². The van der Waals surface area contributed by atoms with Crippen LogP contribution in [0.15, 0.2) is 35.7 Å². The number of anilines is 1. The average Bonchev–Trinajstić information content (AvgIpc) is 3.40. The number of benzene rings is 1. The number of hydrogen-bond acceptors (Lipinski definition) is 5. The van der Waals surface area contributed by atoms with Crippen LogP contribution in [-0.4, -0.2) is 52.3 Å². The number of carbonyl (C=O) groups excluding carboxylic acids is 2. The number of aromatic nitrogens is 1. The molecule has 4 rings (SSSR count). The topological polar surface area (TPSA) is 65.5 Å². The highest BCUT2D eigenvalue weighted by molar-refractivity contribution is 7.13. The van der Waals surface area contributed by atoms with Crippen molar-refractivity contribution in [3.63, 3.8) is 0 Å². The zero-order valence-corrected chi connectivity index (χ0v) is 18.4.